The minimum Gasteiger partial charge on any atom is -0.397 e. The third-order valence-electron chi connectivity index (χ3n) is 4.02. The predicted octanol–water partition coefficient (Wildman–Crippen LogP) is 1.50. The van der Waals surface area contributed by atoms with Gasteiger partial charge in [-0.1, -0.05) is 0 Å². The summed E-state index contributed by atoms with van der Waals surface area (Å²) in [5.41, 5.74) is 7.53. The van der Waals surface area contributed by atoms with Crippen LogP contribution in [0.25, 0.3) is 0 Å². The summed E-state index contributed by atoms with van der Waals surface area (Å²) in [5, 5.41) is 0. The van der Waals surface area contributed by atoms with Crippen molar-refractivity contribution in [1.82, 2.24) is 9.88 Å². The van der Waals surface area contributed by atoms with Gasteiger partial charge in [0.25, 0.3) is 0 Å². The molecule has 0 atom stereocenters. The van der Waals surface area contributed by atoms with Crippen LogP contribution in [0.4, 0.5) is 11.5 Å². The van der Waals surface area contributed by atoms with Gasteiger partial charge in [-0.3, -0.25) is 4.90 Å². The molecule has 0 unspecified atom stereocenters. The average Bonchev–Trinajstić information content (AvgIpc) is 3.18. The summed E-state index contributed by atoms with van der Waals surface area (Å²) in [6.07, 6.45) is 2.89. The Morgan fingerprint density at radius 2 is 1.94 bits per heavy atom. The lowest BCUT2D eigenvalue weighted by Gasteiger charge is -2.35. The first-order valence-electron chi connectivity index (χ1n) is 6.93. The van der Waals surface area contributed by atoms with Crippen molar-refractivity contribution in [2.45, 2.75) is 19.8 Å². The summed E-state index contributed by atoms with van der Waals surface area (Å²) in [6, 6.07) is 4.01. The van der Waals surface area contributed by atoms with Crippen molar-refractivity contribution in [2.24, 2.45) is 5.92 Å². The van der Waals surface area contributed by atoms with Gasteiger partial charge in [-0.25, -0.2) is 4.98 Å². The quantitative estimate of drug-likeness (QED) is 0.878. The van der Waals surface area contributed by atoms with E-state index in [-0.39, 0.29) is 0 Å². The van der Waals surface area contributed by atoms with Crippen LogP contribution in [-0.4, -0.2) is 42.6 Å². The van der Waals surface area contributed by atoms with Gasteiger partial charge in [0.15, 0.2) is 0 Å². The number of piperazine rings is 1. The Kier molecular flexibility index (Phi) is 3.12. The third kappa shape index (κ3) is 2.58. The number of nitrogens with two attached hydrogens (primary N) is 1. The molecule has 0 amide bonds. The molecule has 0 aromatic carbocycles. The zero-order valence-electron chi connectivity index (χ0n) is 11.1. The van der Waals surface area contributed by atoms with Gasteiger partial charge in [0.1, 0.15) is 5.82 Å². The van der Waals surface area contributed by atoms with Crippen LogP contribution >= 0.6 is 0 Å². The van der Waals surface area contributed by atoms with Crippen LogP contribution in [0.15, 0.2) is 12.1 Å². The fraction of sp³-hybridized carbons (Fsp3) is 0.643. The number of pyridine rings is 1. The molecule has 0 spiro atoms. The number of aromatic nitrogens is 1. The highest BCUT2D eigenvalue weighted by Crippen LogP contribution is 2.30. The van der Waals surface area contributed by atoms with Crippen LogP contribution in [0, 0.1) is 12.8 Å². The second kappa shape index (κ2) is 4.76. The maximum Gasteiger partial charge on any atom is 0.129 e. The Morgan fingerprint density at radius 1 is 1.22 bits per heavy atom. The van der Waals surface area contributed by atoms with Crippen molar-refractivity contribution in [2.75, 3.05) is 43.4 Å². The molecule has 2 N–H and O–H groups in total. The Bertz CT molecular complexity index is 420. The molecule has 1 aromatic heterocycles. The maximum absolute atomic E-state index is 5.81. The molecule has 3 rings (SSSR count). The monoisotopic (exact) mass is 246 g/mol. The highest BCUT2D eigenvalue weighted by atomic mass is 15.3. The number of aryl methyl sites for hydroxylation is 1. The van der Waals surface area contributed by atoms with Crippen LogP contribution < -0.4 is 10.6 Å². The molecular weight excluding hydrogens is 224 g/mol. The molecule has 98 valence electrons. The molecule has 2 fully saturated rings. The molecule has 0 bridgehead atoms. The fourth-order valence-electron chi connectivity index (χ4n) is 2.56. The minimum absolute atomic E-state index is 0.783. The van der Waals surface area contributed by atoms with E-state index in [0.717, 1.165) is 36.2 Å². The van der Waals surface area contributed by atoms with Crippen LogP contribution in [0.2, 0.25) is 0 Å². The zero-order valence-corrected chi connectivity index (χ0v) is 11.1. The number of hydrogen-bond donors (Lipinski definition) is 1. The molecule has 0 radical (unpaired) electrons. The van der Waals surface area contributed by atoms with E-state index < -0.39 is 0 Å². The van der Waals surface area contributed by atoms with Crippen molar-refractivity contribution in [3.8, 4) is 0 Å². The van der Waals surface area contributed by atoms with E-state index in [1.807, 2.05) is 19.1 Å². The van der Waals surface area contributed by atoms with Gasteiger partial charge in [0.05, 0.1) is 11.4 Å². The first-order chi connectivity index (χ1) is 8.72. The average molecular weight is 246 g/mol. The first-order valence-corrected chi connectivity index (χ1v) is 6.93. The largest absolute Gasteiger partial charge is 0.397 e. The molecule has 1 aliphatic heterocycles. The first kappa shape index (κ1) is 11.8. The Hall–Kier alpha value is -1.29. The zero-order chi connectivity index (χ0) is 12.5. The molecule has 1 aromatic rings. The smallest absolute Gasteiger partial charge is 0.129 e. The van der Waals surface area contributed by atoms with E-state index in [1.54, 1.807) is 0 Å². The van der Waals surface area contributed by atoms with Gasteiger partial charge in [-0.2, -0.15) is 0 Å². The minimum atomic E-state index is 0.783. The second-order valence-electron chi connectivity index (χ2n) is 5.58. The Labute approximate surface area is 109 Å². The third-order valence-corrected chi connectivity index (χ3v) is 4.02. The lowest BCUT2D eigenvalue weighted by molar-refractivity contribution is 0.247. The van der Waals surface area contributed by atoms with E-state index in [9.17, 15) is 0 Å². The van der Waals surface area contributed by atoms with Gasteiger partial charge in [0, 0.05) is 32.7 Å². The van der Waals surface area contributed by atoms with Gasteiger partial charge < -0.3 is 10.6 Å². The molecule has 4 nitrogen and oxygen atoms in total. The number of anilines is 2. The molecule has 1 aliphatic carbocycles. The molecule has 2 heterocycles. The van der Waals surface area contributed by atoms with Crippen LogP contribution in [-0.2, 0) is 0 Å². The SMILES string of the molecule is Cc1nc(N2CCN(CC3CC3)CC2)ccc1N. The summed E-state index contributed by atoms with van der Waals surface area (Å²) in [5.74, 6) is 2.07. The van der Waals surface area contributed by atoms with Gasteiger partial charge in [-0.05, 0) is 37.8 Å². The standard InChI is InChI=1S/C14H22N4/c1-11-13(15)4-5-14(16-11)18-8-6-17(7-9-18)10-12-2-3-12/h4-5,12H,2-3,6-10,15H2,1H3. The van der Waals surface area contributed by atoms with Crippen LogP contribution in [0.5, 0.6) is 0 Å². The maximum atomic E-state index is 5.81. The van der Waals surface area contributed by atoms with Crippen LogP contribution in [0.1, 0.15) is 18.5 Å². The van der Waals surface area contributed by atoms with Gasteiger partial charge in [0.2, 0.25) is 0 Å². The Morgan fingerprint density at radius 3 is 2.56 bits per heavy atom. The summed E-state index contributed by atoms with van der Waals surface area (Å²) in [7, 11) is 0. The second-order valence-corrected chi connectivity index (χ2v) is 5.58. The number of hydrogen-bond acceptors (Lipinski definition) is 4. The number of nitrogens with zero attached hydrogens (tertiary/aromatic N) is 3. The Balaban J connectivity index is 1.59. The van der Waals surface area contributed by atoms with E-state index in [1.165, 1.54) is 32.5 Å². The van der Waals surface area contributed by atoms with Crippen molar-refractivity contribution in [3.63, 3.8) is 0 Å². The summed E-state index contributed by atoms with van der Waals surface area (Å²) < 4.78 is 0. The van der Waals surface area contributed by atoms with Crippen LogP contribution in [0.3, 0.4) is 0 Å². The van der Waals surface area contributed by atoms with Crippen molar-refractivity contribution in [1.29, 1.82) is 0 Å². The van der Waals surface area contributed by atoms with Crippen molar-refractivity contribution < 1.29 is 0 Å². The van der Waals surface area contributed by atoms with E-state index in [2.05, 4.69) is 14.8 Å². The van der Waals surface area contributed by atoms with Crippen molar-refractivity contribution >= 4 is 11.5 Å². The van der Waals surface area contributed by atoms with Gasteiger partial charge in [-0.15, -0.1) is 0 Å². The summed E-state index contributed by atoms with van der Waals surface area (Å²) in [6.45, 7) is 7.79. The molecular formula is C14H22N4. The van der Waals surface area contributed by atoms with E-state index in [0.29, 0.717) is 0 Å². The highest BCUT2D eigenvalue weighted by molar-refractivity contribution is 5.50. The summed E-state index contributed by atoms with van der Waals surface area (Å²) >= 11 is 0. The highest BCUT2D eigenvalue weighted by Gasteiger charge is 2.26. The van der Waals surface area contributed by atoms with E-state index >= 15 is 0 Å². The number of nitrogen functional groups attached to an aromatic ring is 1. The summed E-state index contributed by atoms with van der Waals surface area (Å²) in [4.78, 5) is 9.54. The predicted molar refractivity (Wildman–Crippen MR) is 74.8 cm³/mol. The van der Waals surface area contributed by atoms with E-state index in [4.69, 9.17) is 5.73 Å². The van der Waals surface area contributed by atoms with Crippen molar-refractivity contribution in [3.05, 3.63) is 17.8 Å². The fourth-order valence-corrected chi connectivity index (χ4v) is 2.56. The normalized spacial score (nSPS) is 21.3. The molecule has 18 heavy (non-hydrogen) atoms. The molecule has 2 aliphatic rings. The lowest BCUT2D eigenvalue weighted by atomic mass is 10.2. The lowest BCUT2D eigenvalue weighted by Crippen LogP contribution is -2.47. The van der Waals surface area contributed by atoms with Gasteiger partial charge >= 0.3 is 0 Å². The topological polar surface area (TPSA) is 45.4 Å². The number of rotatable bonds is 3. The molecule has 1 saturated heterocycles. The molecule has 1 saturated carbocycles. The molecule has 4 heteroatoms.